The fourth-order valence-corrected chi connectivity index (χ4v) is 2.26. The molecule has 1 aromatic heterocycles. The number of ether oxygens (including phenoxy) is 2. The number of hydrogen-bond acceptors (Lipinski definition) is 4. The Balaban J connectivity index is 2.28. The minimum Gasteiger partial charge on any atom is -0.495 e. The van der Waals surface area contributed by atoms with Crippen molar-refractivity contribution in [2.45, 2.75) is 13.0 Å². The Morgan fingerprint density at radius 2 is 1.91 bits per heavy atom. The molecule has 1 unspecified atom stereocenters. The maximum absolute atomic E-state index is 12.4. The largest absolute Gasteiger partial charge is 0.495 e. The molecule has 7 heteroatoms. The maximum Gasteiger partial charge on any atom is 0.293 e. The second-order valence-electron chi connectivity index (χ2n) is 4.80. The predicted octanol–water partition coefficient (Wildman–Crippen LogP) is 2.72. The van der Waals surface area contributed by atoms with Gasteiger partial charge in [-0.2, -0.15) is 0 Å². The second kappa shape index (κ2) is 7.19. The van der Waals surface area contributed by atoms with Gasteiger partial charge in [-0.25, -0.2) is 0 Å². The molecule has 0 fully saturated rings. The van der Waals surface area contributed by atoms with E-state index in [0.29, 0.717) is 16.5 Å². The van der Waals surface area contributed by atoms with Gasteiger partial charge >= 0.3 is 0 Å². The van der Waals surface area contributed by atoms with Gasteiger partial charge in [-0.15, -0.1) is 0 Å². The van der Waals surface area contributed by atoms with E-state index in [1.165, 1.54) is 25.0 Å². The number of nitrogens with zero attached hydrogens (tertiary/aromatic N) is 1. The molecule has 1 amide bonds. The van der Waals surface area contributed by atoms with Crippen molar-refractivity contribution in [3.05, 3.63) is 51.9 Å². The van der Waals surface area contributed by atoms with Crippen LogP contribution in [-0.2, 0) is 4.79 Å². The molecule has 1 N–H and O–H groups in total. The van der Waals surface area contributed by atoms with E-state index in [4.69, 9.17) is 21.1 Å². The quantitative estimate of drug-likeness (QED) is 0.911. The second-order valence-corrected chi connectivity index (χ2v) is 5.24. The van der Waals surface area contributed by atoms with Gasteiger partial charge in [0.2, 0.25) is 5.91 Å². The van der Waals surface area contributed by atoms with Crippen LogP contribution in [0.2, 0.25) is 5.02 Å². The van der Waals surface area contributed by atoms with Crippen molar-refractivity contribution >= 4 is 23.2 Å². The van der Waals surface area contributed by atoms with E-state index in [2.05, 4.69) is 5.32 Å². The van der Waals surface area contributed by atoms with Crippen molar-refractivity contribution in [1.82, 2.24) is 4.57 Å². The SMILES string of the molecule is COc1ccc(Cl)cc1NC(=O)C(C)n1cccc(OC)c1=O. The number of anilines is 1. The number of nitrogens with one attached hydrogen (secondary N) is 1. The number of carbonyl (C=O) groups excluding carboxylic acids is 1. The van der Waals surface area contributed by atoms with Gasteiger partial charge in [0.15, 0.2) is 5.75 Å². The number of aromatic nitrogens is 1. The van der Waals surface area contributed by atoms with Crippen LogP contribution < -0.4 is 20.3 Å². The molecule has 0 aliphatic heterocycles. The topological polar surface area (TPSA) is 69.6 Å². The molecular weight excluding hydrogens is 320 g/mol. The van der Waals surface area contributed by atoms with Crippen LogP contribution in [0.4, 0.5) is 5.69 Å². The van der Waals surface area contributed by atoms with Gasteiger partial charge in [0.05, 0.1) is 19.9 Å². The van der Waals surface area contributed by atoms with Crippen LogP contribution in [0, 0.1) is 0 Å². The Hall–Kier alpha value is -2.47. The lowest BCUT2D eigenvalue weighted by atomic mass is 10.2. The Bertz CT molecular complexity index is 773. The summed E-state index contributed by atoms with van der Waals surface area (Å²) in [5.74, 6) is 0.279. The third-order valence-electron chi connectivity index (χ3n) is 3.38. The van der Waals surface area contributed by atoms with Crippen LogP contribution in [0.25, 0.3) is 0 Å². The van der Waals surface area contributed by atoms with Crippen molar-refractivity contribution in [2.75, 3.05) is 19.5 Å². The Labute approximate surface area is 138 Å². The summed E-state index contributed by atoms with van der Waals surface area (Å²) in [4.78, 5) is 24.6. The zero-order valence-electron chi connectivity index (χ0n) is 13.0. The lowest BCUT2D eigenvalue weighted by Crippen LogP contribution is -2.31. The molecule has 0 saturated carbocycles. The van der Waals surface area contributed by atoms with E-state index >= 15 is 0 Å². The molecule has 1 aromatic carbocycles. The van der Waals surface area contributed by atoms with Gasteiger partial charge in [0.25, 0.3) is 5.56 Å². The summed E-state index contributed by atoms with van der Waals surface area (Å²) in [5.41, 5.74) is 0.0588. The van der Waals surface area contributed by atoms with Crippen LogP contribution >= 0.6 is 11.6 Å². The van der Waals surface area contributed by atoms with Gasteiger partial charge in [-0.3, -0.25) is 9.59 Å². The zero-order chi connectivity index (χ0) is 17.0. The third-order valence-corrected chi connectivity index (χ3v) is 3.61. The molecule has 1 heterocycles. The lowest BCUT2D eigenvalue weighted by molar-refractivity contribution is -0.118. The van der Waals surface area contributed by atoms with E-state index in [9.17, 15) is 9.59 Å². The zero-order valence-corrected chi connectivity index (χ0v) is 13.8. The molecule has 2 rings (SSSR count). The number of benzene rings is 1. The normalized spacial score (nSPS) is 11.7. The van der Waals surface area contributed by atoms with Gasteiger partial charge in [-0.05, 0) is 37.3 Å². The molecule has 23 heavy (non-hydrogen) atoms. The smallest absolute Gasteiger partial charge is 0.293 e. The minimum atomic E-state index is -0.735. The molecule has 0 radical (unpaired) electrons. The molecule has 122 valence electrons. The number of pyridine rings is 1. The van der Waals surface area contributed by atoms with E-state index in [-0.39, 0.29) is 17.2 Å². The molecular formula is C16H17ClN2O4. The summed E-state index contributed by atoms with van der Waals surface area (Å²) in [7, 11) is 2.90. The molecule has 0 saturated heterocycles. The van der Waals surface area contributed by atoms with Crippen molar-refractivity contribution in [3.63, 3.8) is 0 Å². The van der Waals surface area contributed by atoms with E-state index in [1.54, 1.807) is 37.3 Å². The highest BCUT2D eigenvalue weighted by molar-refractivity contribution is 6.31. The average Bonchev–Trinajstić information content (AvgIpc) is 2.54. The van der Waals surface area contributed by atoms with Crippen molar-refractivity contribution in [3.8, 4) is 11.5 Å². The molecule has 2 aromatic rings. The summed E-state index contributed by atoms with van der Waals surface area (Å²) in [6, 6.07) is 7.35. The Morgan fingerprint density at radius 1 is 1.22 bits per heavy atom. The molecule has 1 atom stereocenters. The first-order valence-electron chi connectivity index (χ1n) is 6.87. The molecule has 0 aliphatic carbocycles. The van der Waals surface area contributed by atoms with E-state index in [1.807, 2.05) is 0 Å². The summed E-state index contributed by atoms with van der Waals surface area (Å²) in [6.45, 7) is 1.62. The Kier molecular flexibility index (Phi) is 5.28. The van der Waals surface area contributed by atoms with Crippen molar-refractivity contribution in [2.24, 2.45) is 0 Å². The predicted molar refractivity (Wildman–Crippen MR) is 88.6 cm³/mol. The summed E-state index contributed by atoms with van der Waals surface area (Å²) in [5, 5.41) is 3.18. The van der Waals surface area contributed by atoms with Crippen molar-refractivity contribution in [1.29, 1.82) is 0 Å². The molecule has 0 bridgehead atoms. The number of halogens is 1. The minimum absolute atomic E-state index is 0.174. The molecule has 6 nitrogen and oxygen atoms in total. The summed E-state index contributed by atoms with van der Waals surface area (Å²) >= 11 is 5.94. The van der Waals surface area contributed by atoms with Gasteiger partial charge in [0.1, 0.15) is 11.8 Å². The van der Waals surface area contributed by atoms with Crippen LogP contribution in [0.1, 0.15) is 13.0 Å². The fraction of sp³-hybridized carbons (Fsp3) is 0.250. The lowest BCUT2D eigenvalue weighted by Gasteiger charge is -2.17. The van der Waals surface area contributed by atoms with Crippen LogP contribution in [0.3, 0.4) is 0 Å². The highest BCUT2D eigenvalue weighted by Gasteiger charge is 2.19. The molecule has 0 aliphatic rings. The standard InChI is InChI=1S/C16H17ClN2O4/c1-10(19-8-4-5-14(23-3)16(19)21)15(20)18-12-9-11(17)6-7-13(12)22-2/h4-10H,1-3H3,(H,18,20). The van der Waals surface area contributed by atoms with Gasteiger partial charge < -0.3 is 19.4 Å². The maximum atomic E-state index is 12.4. The monoisotopic (exact) mass is 336 g/mol. The van der Waals surface area contributed by atoms with Crippen molar-refractivity contribution < 1.29 is 14.3 Å². The highest BCUT2D eigenvalue weighted by Crippen LogP contribution is 2.28. The third kappa shape index (κ3) is 3.65. The summed E-state index contributed by atoms with van der Waals surface area (Å²) in [6.07, 6.45) is 1.53. The highest BCUT2D eigenvalue weighted by atomic mass is 35.5. The first-order chi connectivity index (χ1) is 11.0. The number of methoxy groups -OCH3 is 2. The van der Waals surface area contributed by atoms with E-state index < -0.39 is 6.04 Å². The van der Waals surface area contributed by atoms with Gasteiger partial charge in [-0.1, -0.05) is 11.6 Å². The number of carbonyl (C=O) groups is 1. The summed E-state index contributed by atoms with van der Waals surface area (Å²) < 4.78 is 11.5. The fourth-order valence-electron chi connectivity index (χ4n) is 2.09. The Morgan fingerprint density at radius 3 is 2.57 bits per heavy atom. The first kappa shape index (κ1) is 16.9. The van der Waals surface area contributed by atoms with Crippen LogP contribution in [-0.4, -0.2) is 24.7 Å². The first-order valence-corrected chi connectivity index (χ1v) is 7.25. The van der Waals surface area contributed by atoms with Gasteiger partial charge in [0, 0.05) is 11.2 Å². The number of amides is 1. The van der Waals surface area contributed by atoms with Crippen LogP contribution in [0.5, 0.6) is 11.5 Å². The van der Waals surface area contributed by atoms with Crippen LogP contribution in [0.15, 0.2) is 41.3 Å². The average molecular weight is 337 g/mol. The molecule has 0 spiro atoms. The number of rotatable bonds is 5. The number of hydrogen-bond donors (Lipinski definition) is 1. The van der Waals surface area contributed by atoms with E-state index in [0.717, 1.165) is 0 Å².